The minimum absolute atomic E-state index is 0.185. The number of ether oxygens (including phenoxy) is 2. The lowest BCUT2D eigenvalue weighted by Gasteiger charge is -2.32. The number of rotatable bonds is 8. The number of amides is 1. The molecule has 0 bridgehead atoms. The van der Waals surface area contributed by atoms with Gasteiger partial charge in [-0.05, 0) is 61.4 Å². The maximum absolute atomic E-state index is 13.8. The SMILES string of the molecule is COc1ccc(C(=O)COC(=O)[C@H]2CC=CC[C@H]2C(=O)N(c2ccccc2)c2ccccc2)cc1. The number of Topliss-reactive ketones (excluding diaryl/α,β-unsaturated/α-hetero) is 1. The summed E-state index contributed by atoms with van der Waals surface area (Å²) in [5, 5.41) is 0. The Morgan fingerprint density at radius 1 is 0.771 bits per heavy atom. The van der Waals surface area contributed by atoms with Gasteiger partial charge in [-0.25, -0.2) is 0 Å². The van der Waals surface area contributed by atoms with Crippen molar-refractivity contribution < 1.29 is 23.9 Å². The third-order valence-corrected chi connectivity index (χ3v) is 6.06. The van der Waals surface area contributed by atoms with E-state index in [9.17, 15) is 14.4 Å². The third-order valence-electron chi connectivity index (χ3n) is 6.06. The number of methoxy groups -OCH3 is 1. The van der Waals surface area contributed by atoms with Gasteiger partial charge in [-0.2, -0.15) is 0 Å². The number of allylic oxidation sites excluding steroid dienone is 2. The molecule has 6 nitrogen and oxygen atoms in total. The molecule has 0 spiro atoms. The normalized spacial score (nSPS) is 16.8. The number of hydrogen-bond donors (Lipinski definition) is 0. The van der Waals surface area contributed by atoms with Gasteiger partial charge in [0.1, 0.15) is 5.75 Å². The number of benzene rings is 3. The van der Waals surface area contributed by atoms with E-state index in [1.807, 2.05) is 72.8 Å². The summed E-state index contributed by atoms with van der Waals surface area (Å²) in [6.45, 7) is -0.382. The van der Waals surface area contributed by atoms with Crippen LogP contribution in [-0.2, 0) is 14.3 Å². The molecule has 0 saturated heterocycles. The zero-order chi connectivity index (χ0) is 24.6. The van der Waals surface area contributed by atoms with Crippen LogP contribution in [0.1, 0.15) is 23.2 Å². The topological polar surface area (TPSA) is 72.9 Å². The Kier molecular flexibility index (Phi) is 7.73. The number of carbonyl (C=O) groups excluding carboxylic acids is 3. The van der Waals surface area contributed by atoms with Gasteiger partial charge in [-0.15, -0.1) is 0 Å². The largest absolute Gasteiger partial charge is 0.497 e. The molecule has 1 amide bonds. The fourth-order valence-corrected chi connectivity index (χ4v) is 4.18. The quantitative estimate of drug-likeness (QED) is 0.252. The Labute approximate surface area is 204 Å². The Hall–Kier alpha value is -4.19. The Balaban J connectivity index is 1.50. The fraction of sp³-hybridized carbons (Fsp3) is 0.207. The summed E-state index contributed by atoms with van der Waals surface area (Å²) in [6, 6.07) is 25.3. The predicted molar refractivity (Wildman–Crippen MR) is 134 cm³/mol. The van der Waals surface area contributed by atoms with Crippen LogP contribution >= 0.6 is 0 Å². The van der Waals surface area contributed by atoms with E-state index in [1.165, 1.54) is 0 Å². The van der Waals surface area contributed by atoms with E-state index >= 15 is 0 Å². The number of carbonyl (C=O) groups is 3. The highest BCUT2D eigenvalue weighted by Crippen LogP contribution is 2.34. The lowest BCUT2D eigenvalue weighted by molar-refractivity contribution is -0.151. The van der Waals surface area contributed by atoms with Gasteiger partial charge in [0.05, 0.1) is 18.9 Å². The Morgan fingerprint density at radius 2 is 1.31 bits per heavy atom. The van der Waals surface area contributed by atoms with Crippen LogP contribution < -0.4 is 9.64 Å². The van der Waals surface area contributed by atoms with E-state index in [0.717, 1.165) is 11.4 Å². The van der Waals surface area contributed by atoms with Gasteiger partial charge in [0.25, 0.3) is 0 Å². The van der Waals surface area contributed by atoms with Crippen molar-refractivity contribution in [3.8, 4) is 5.75 Å². The molecule has 0 fully saturated rings. The van der Waals surface area contributed by atoms with Crippen LogP contribution in [0.2, 0.25) is 0 Å². The van der Waals surface area contributed by atoms with Crippen LogP contribution in [0.15, 0.2) is 97.1 Å². The molecule has 0 heterocycles. The number of anilines is 2. The first kappa shape index (κ1) is 24.0. The summed E-state index contributed by atoms with van der Waals surface area (Å²) in [6.07, 6.45) is 4.60. The molecule has 1 aliphatic rings. The second-order valence-corrected chi connectivity index (χ2v) is 8.26. The molecular weight excluding hydrogens is 442 g/mol. The van der Waals surface area contributed by atoms with Gasteiger partial charge < -0.3 is 9.47 Å². The maximum atomic E-state index is 13.8. The van der Waals surface area contributed by atoms with E-state index in [1.54, 1.807) is 36.3 Å². The average molecular weight is 470 g/mol. The predicted octanol–water partition coefficient (Wildman–Crippen LogP) is 5.37. The molecule has 0 radical (unpaired) electrons. The van der Waals surface area contributed by atoms with E-state index in [2.05, 4.69) is 0 Å². The molecule has 2 atom stereocenters. The first-order valence-corrected chi connectivity index (χ1v) is 11.5. The summed E-state index contributed by atoms with van der Waals surface area (Å²) >= 11 is 0. The van der Waals surface area contributed by atoms with Crippen LogP contribution in [0.25, 0.3) is 0 Å². The molecule has 3 aromatic rings. The summed E-state index contributed by atoms with van der Waals surface area (Å²) in [7, 11) is 1.55. The average Bonchev–Trinajstić information content (AvgIpc) is 2.93. The summed E-state index contributed by atoms with van der Waals surface area (Å²) < 4.78 is 10.5. The zero-order valence-corrected chi connectivity index (χ0v) is 19.5. The number of hydrogen-bond acceptors (Lipinski definition) is 5. The molecule has 178 valence electrons. The van der Waals surface area contributed by atoms with Crippen molar-refractivity contribution in [2.45, 2.75) is 12.8 Å². The Bertz CT molecular complexity index is 1150. The van der Waals surface area contributed by atoms with Crippen molar-refractivity contribution in [2.24, 2.45) is 11.8 Å². The smallest absolute Gasteiger partial charge is 0.310 e. The van der Waals surface area contributed by atoms with Crippen molar-refractivity contribution >= 4 is 29.0 Å². The molecule has 0 unspecified atom stereocenters. The van der Waals surface area contributed by atoms with Crippen LogP contribution in [-0.4, -0.2) is 31.4 Å². The van der Waals surface area contributed by atoms with Gasteiger partial charge in [0.2, 0.25) is 5.91 Å². The van der Waals surface area contributed by atoms with Gasteiger partial charge >= 0.3 is 5.97 Å². The van der Waals surface area contributed by atoms with Crippen molar-refractivity contribution in [3.05, 3.63) is 103 Å². The molecule has 0 aromatic heterocycles. The highest BCUT2D eigenvalue weighted by atomic mass is 16.5. The lowest BCUT2D eigenvalue weighted by Crippen LogP contribution is -2.40. The summed E-state index contributed by atoms with van der Waals surface area (Å²) in [4.78, 5) is 41.0. The molecule has 3 aromatic carbocycles. The molecule has 6 heteroatoms. The number of ketones is 1. The number of nitrogens with zero attached hydrogens (tertiary/aromatic N) is 1. The standard InChI is InChI=1S/C29H27NO5/c1-34-24-18-16-21(17-19-24)27(31)20-35-29(33)26-15-9-8-14-25(26)28(32)30(22-10-4-2-5-11-22)23-12-6-3-7-13-23/h2-13,16-19,25-26H,14-15,20H2,1H3/t25-,26+/m1/s1. The van der Waals surface area contributed by atoms with Crippen LogP contribution in [0.3, 0.4) is 0 Å². The Morgan fingerprint density at radius 3 is 1.86 bits per heavy atom. The zero-order valence-electron chi connectivity index (χ0n) is 19.5. The van der Waals surface area contributed by atoms with Crippen LogP contribution in [0.4, 0.5) is 11.4 Å². The first-order valence-electron chi connectivity index (χ1n) is 11.5. The van der Waals surface area contributed by atoms with E-state index in [4.69, 9.17) is 9.47 Å². The van der Waals surface area contributed by atoms with E-state index < -0.39 is 17.8 Å². The van der Waals surface area contributed by atoms with Gasteiger partial charge in [0, 0.05) is 16.9 Å². The van der Waals surface area contributed by atoms with Gasteiger partial charge in [-0.1, -0.05) is 48.6 Å². The number of esters is 1. The minimum Gasteiger partial charge on any atom is -0.497 e. The summed E-state index contributed by atoms with van der Waals surface area (Å²) in [5.41, 5.74) is 1.87. The first-order chi connectivity index (χ1) is 17.1. The molecule has 0 saturated carbocycles. The maximum Gasteiger partial charge on any atom is 0.310 e. The van der Waals surface area contributed by atoms with E-state index in [-0.39, 0.29) is 18.3 Å². The third kappa shape index (κ3) is 5.66. The van der Waals surface area contributed by atoms with Crippen molar-refractivity contribution in [2.75, 3.05) is 18.6 Å². The van der Waals surface area contributed by atoms with Crippen LogP contribution in [0.5, 0.6) is 5.75 Å². The molecule has 4 rings (SSSR count). The number of para-hydroxylation sites is 2. The molecule has 35 heavy (non-hydrogen) atoms. The molecular formula is C29H27NO5. The van der Waals surface area contributed by atoms with Gasteiger partial charge in [-0.3, -0.25) is 19.3 Å². The summed E-state index contributed by atoms with van der Waals surface area (Å²) in [5.74, 6) is -1.69. The molecule has 1 aliphatic carbocycles. The second-order valence-electron chi connectivity index (χ2n) is 8.26. The van der Waals surface area contributed by atoms with Crippen LogP contribution in [0, 0.1) is 11.8 Å². The van der Waals surface area contributed by atoms with Crippen molar-refractivity contribution in [1.29, 1.82) is 0 Å². The molecule has 0 N–H and O–H groups in total. The van der Waals surface area contributed by atoms with Gasteiger partial charge in [0.15, 0.2) is 12.4 Å². The molecule has 0 aliphatic heterocycles. The minimum atomic E-state index is -0.675. The van der Waals surface area contributed by atoms with E-state index in [0.29, 0.717) is 24.2 Å². The second kappa shape index (κ2) is 11.3. The van der Waals surface area contributed by atoms with Crippen molar-refractivity contribution in [1.82, 2.24) is 0 Å². The lowest BCUT2D eigenvalue weighted by atomic mass is 9.81. The van der Waals surface area contributed by atoms with Crippen molar-refractivity contribution in [3.63, 3.8) is 0 Å². The highest BCUT2D eigenvalue weighted by molar-refractivity contribution is 6.04. The fourth-order valence-electron chi connectivity index (χ4n) is 4.18. The monoisotopic (exact) mass is 469 g/mol. The highest BCUT2D eigenvalue weighted by Gasteiger charge is 2.38.